The van der Waals surface area contributed by atoms with Crippen LogP contribution < -0.4 is 5.32 Å². The predicted molar refractivity (Wildman–Crippen MR) is 90.4 cm³/mol. The third-order valence-corrected chi connectivity index (χ3v) is 6.05. The van der Waals surface area contributed by atoms with E-state index in [9.17, 15) is 13.2 Å². The van der Waals surface area contributed by atoms with E-state index in [0.29, 0.717) is 25.4 Å². The Morgan fingerprint density at radius 3 is 2.61 bits per heavy atom. The SMILES string of the molecule is CC(C)CCNC(=O)C1CCCCN1S(=O)(=O)c1ccccc1. The summed E-state index contributed by atoms with van der Waals surface area (Å²) in [5, 5.41) is 2.89. The molecule has 1 aliphatic heterocycles. The first-order valence-electron chi connectivity index (χ1n) is 8.27. The molecule has 1 saturated heterocycles. The molecular weight excluding hydrogens is 312 g/mol. The molecule has 1 aromatic carbocycles. The fourth-order valence-electron chi connectivity index (χ4n) is 2.78. The number of carbonyl (C=O) groups excluding carboxylic acids is 1. The van der Waals surface area contributed by atoms with Gasteiger partial charge in [0.05, 0.1) is 4.90 Å². The van der Waals surface area contributed by atoms with Crippen LogP contribution in [0.3, 0.4) is 0 Å². The van der Waals surface area contributed by atoms with E-state index in [-0.39, 0.29) is 10.8 Å². The normalized spacial score (nSPS) is 19.7. The smallest absolute Gasteiger partial charge is 0.243 e. The molecule has 0 bridgehead atoms. The first-order valence-corrected chi connectivity index (χ1v) is 9.71. The number of piperidine rings is 1. The van der Waals surface area contributed by atoms with Crippen LogP contribution in [-0.4, -0.2) is 37.8 Å². The summed E-state index contributed by atoms with van der Waals surface area (Å²) in [4.78, 5) is 12.7. The second-order valence-corrected chi connectivity index (χ2v) is 8.30. The maximum Gasteiger partial charge on any atom is 0.243 e. The Morgan fingerprint density at radius 2 is 1.96 bits per heavy atom. The molecule has 0 aromatic heterocycles. The highest BCUT2D eigenvalue weighted by molar-refractivity contribution is 7.89. The summed E-state index contributed by atoms with van der Waals surface area (Å²) < 4.78 is 27.0. The lowest BCUT2D eigenvalue weighted by Gasteiger charge is -2.33. The largest absolute Gasteiger partial charge is 0.355 e. The zero-order chi connectivity index (χ0) is 16.9. The summed E-state index contributed by atoms with van der Waals surface area (Å²) in [6, 6.07) is 7.75. The molecule has 1 aliphatic rings. The van der Waals surface area contributed by atoms with Crippen molar-refractivity contribution < 1.29 is 13.2 Å². The molecular formula is C17H26N2O3S. The van der Waals surface area contributed by atoms with Crippen LogP contribution in [0.5, 0.6) is 0 Å². The first-order chi connectivity index (χ1) is 10.9. The van der Waals surface area contributed by atoms with E-state index in [2.05, 4.69) is 19.2 Å². The van der Waals surface area contributed by atoms with Crippen LogP contribution in [0.25, 0.3) is 0 Å². The van der Waals surface area contributed by atoms with Gasteiger partial charge in [0.1, 0.15) is 6.04 Å². The number of rotatable bonds is 6. The summed E-state index contributed by atoms with van der Waals surface area (Å²) >= 11 is 0. The maximum atomic E-state index is 12.8. The van der Waals surface area contributed by atoms with Crippen molar-refractivity contribution in [2.45, 2.75) is 50.5 Å². The van der Waals surface area contributed by atoms with Gasteiger partial charge in [-0.3, -0.25) is 4.79 Å². The standard InChI is InChI=1S/C17H26N2O3S/c1-14(2)11-12-18-17(20)16-10-6-7-13-19(16)23(21,22)15-8-4-3-5-9-15/h3-5,8-9,14,16H,6-7,10-13H2,1-2H3,(H,18,20). The van der Waals surface area contributed by atoms with Crippen LogP contribution in [0.15, 0.2) is 35.2 Å². The van der Waals surface area contributed by atoms with E-state index in [1.165, 1.54) is 4.31 Å². The number of nitrogens with one attached hydrogen (secondary N) is 1. The molecule has 0 saturated carbocycles. The van der Waals surface area contributed by atoms with Gasteiger partial charge < -0.3 is 5.32 Å². The zero-order valence-electron chi connectivity index (χ0n) is 13.9. The van der Waals surface area contributed by atoms with Crippen LogP contribution in [0, 0.1) is 5.92 Å². The fourth-order valence-corrected chi connectivity index (χ4v) is 4.46. The fraction of sp³-hybridized carbons (Fsp3) is 0.588. The van der Waals surface area contributed by atoms with Crippen molar-refractivity contribution in [3.05, 3.63) is 30.3 Å². The number of carbonyl (C=O) groups is 1. The summed E-state index contributed by atoms with van der Waals surface area (Å²) in [5.41, 5.74) is 0. The van der Waals surface area contributed by atoms with Crippen molar-refractivity contribution in [2.75, 3.05) is 13.1 Å². The Bertz CT molecular complexity index is 614. The number of amides is 1. The van der Waals surface area contributed by atoms with Gasteiger partial charge in [-0.1, -0.05) is 38.5 Å². The number of hydrogen-bond acceptors (Lipinski definition) is 3. The summed E-state index contributed by atoms with van der Waals surface area (Å²) in [7, 11) is -3.63. The van der Waals surface area contributed by atoms with Crippen molar-refractivity contribution in [2.24, 2.45) is 5.92 Å². The molecule has 6 heteroatoms. The highest BCUT2D eigenvalue weighted by atomic mass is 32.2. The highest BCUT2D eigenvalue weighted by Gasteiger charge is 2.37. The van der Waals surface area contributed by atoms with Gasteiger partial charge in [-0.05, 0) is 37.3 Å². The topological polar surface area (TPSA) is 66.5 Å². The molecule has 2 rings (SSSR count). The van der Waals surface area contributed by atoms with Crippen LogP contribution >= 0.6 is 0 Å². The Kier molecular flexibility index (Phi) is 6.18. The monoisotopic (exact) mass is 338 g/mol. The van der Waals surface area contributed by atoms with E-state index in [4.69, 9.17) is 0 Å². The molecule has 1 heterocycles. The predicted octanol–water partition coefficient (Wildman–Crippen LogP) is 2.39. The molecule has 0 spiro atoms. The van der Waals surface area contributed by atoms with Crippen molar-refractivity contribution in [3.8, 4) is 0 Å². The molecule has 1 aromatic rings. The Balaban J connectivity index is 2.13. The van der Waals surface area contributed by atoms with Crippen LogP contribution in [-0.2, 0) is 14.8 Å². The lowest BCUT2D eigenvalue weighted by atomic mass is 10.0. The number of hydrogen-bond donors (Lipinski definition) is 1. The second-order valence-electron chi connectivity index (χ2n) is 6.41. The van der Waals surface area contributed by atoms with Gasteiger partial charge in [0, 0.05) is 13.1 Å². The van der Waals surface area contributed by atoms with E-state index in [0.717, 1.165) is 19.3 Å². The van der Waals surface area contributed by atoms with E-state index in [1.807, 2.05) is 0 Å². The summed E-state index contributed by atoms with van der Waals surface area (Å²) in [6.07, 6.45) is 3.15. The van der Waals surface area contributed by atoms with Gasteiger partial charge in [0.2, 0.25) is 15.9 Å². The van der Waals surface area contributed by atoms with Crippen molar-refractivity contribution in [3.63, 3.8) is 0 Å². The van der Waals surface area contributed by atoms with Crippen molar-refractivity contribution >= 4 is 15.9 Å². The maximum absolute atomic E-state index is 12.8. The molecule has 1 amide bonds. The molecule has 5 nitrogen and oxygen atoms in total. The van der Waals surface area contributed by atoms with E-state index < -0.39 is 16.1 Å². The zero-order valence-corrected chi connectivity index (χ0v) is 14.7. The van der Waals surface area contributed by atoms with Gasteiger partial charge in [0.25, 0.3) is 0 Å². The summed E-state index contributed by atoms with van der Waals surface area (Å²) in [6.45, 7) is 5.18. The second kappa shape index (κ2) is 7.93. The number of nitrogens with zero attached hydrogens (tertiary/aromatic N) is 1. The highest BCUT2D eigenvalue weighted by Crippen LogP contribution is 2.25. The van der Waals surface area contributed by atoms with Gasteiger partial charge >= 0.3 is 0 Å². The molecule has 0 aliphatic carbocycles. The number of sulfonamides is 1. The van der Waals surface area contributed by atoms with Crippen LogP contribution in [0.1, 0.15) is 39.5 Å². The minimum Gasteiger partial charge on any atom is -0.355 e. The Labute approximate surface area is 139 Å². The third-order valence-electron chi connectivity index (χ3n) is 4.13. The molecule has 1 fully saturated rings. The van der Waals surface area contributed by atoms with E-state index in [1.54, 1.807) is 30.3 Å². The number of benzene rings is 1. The minimum atomic E-state index is -3.63. The molecule has 23 heavy (non-hydrogen) atoms. The van der Waals surface area contributed by atoms with Crippen molar-refractivity contribution in [1.82, 2.24) is 9.62 Å². The first kappa shape index (κ1) is 17.9. The van der Waals surface area contributed by atoms with E-state index >= 15 is 0 Å². The molecule has 1 atom stereocenters. The Morgan fingerprint density at radius 1 is 1.26 bits per heavy atom. The third kappa shape index (κ3) is 4.54. The van der Waals surface area contributed by atoms with Gasteiger partial charge in [-0.25, -0.2) is 8.42 Å². The molecule has 128 valence electrons. The van der Waals surface area contributed by atoms with Crippen molar-refractivity contribution in [1.29, 1.82) is 0 Å². The lowest BCUT2D eigenvalue weighted by Crippen LogP contribution is -2.51. The van der Waals surface area contributed by atoms with Crippen LogP contribution in [0.2, 0.25) is 0 Å². The molecule has 0 radical (unpaired) electrons. The minimum absolute atomic E-state index is 0.176. The quantitative estimate of drug-likeness (QED) is 0.866. The average Bonchev–Trinajstić information content (AvgIpc) is 2.55. The Hall–Kier alpha value is -1.40. The van der Waals surface area contributed by atoms with Gasteiger partial charge in [0.15, 0.2) is 0 Å². The molecule has 1 unspecified atom stereocenters. The summed E-state index contributed by atoms with van der Waals surface area (Å²) in [5.74, 6) is 0.329. The average molecular weight is 338 g/mol. The van der Waals surface area contributed by atoms with Gasteiger partial charge in [-0.15, -0.1) is 0 Å². The molecule has 1 N–H and O–H groups in total. The van der Waals surface area contributed by atoms with Crippen LogP contribution in [0.4, 0.5) is 0 Å². The van der Waals surface area contributed by atoms with Gasteiger partial charge in [-0.2, -0.15) is 4.31 Å². The lowest BCUT2D eigenvalue weighted by molar-refractivity contribution is -0.125.